The molecule has 0 fully saturated rings. The fourth-order valence-electron chi connectivity index (χ4n) is 8.59. The van der Waals surface area contributed by atoms with E-state index in [9.17, 15) is 0 Å². The number of benzene rings is 9. The minimum absolute atomic E-state index is 0.890. The highest BCUT2D eigenvalue weighted by molar-refractivity contribution is 7.24. The molecule has 3 aromatic heterocycles. The molecule has 0 saturated carbocycles. The maximum Gasteiger partial charge on any atom is 0.0979 e. The van der Waals surface area contributed by atoms with Crippen LogP contribution in [0.4, 0.5) is 0 Å². The first-order chi connectivity index (χ1) is 25.8. The van der Waals surface area contributed by atoms with Crippen LogP contribution in [0.25, 0.3) is 114 Å². The van der Waals surface area contributed by atoms with E-state index in [1.165, 1.54) is 74.3 Å². The van der Waals surface area contributed by atoms with Crippen LogP contribution in [-0.2, 0) is 0 Å². The minimum atomic E-state index is 0.890. The van der Waals surface area contributed by atoms with E-state index in [-0.39, 0.29) is 0 Å². The number of rotatable bonds is 3. The zero-order chi connectivity index (χ0) is 33.9. The fraction of sp³-hybridized carbons (Fsp3) is 0. The van der Waals surface area contributed by atoms with Crippen LogP contribution in [-0.4, -0.2) is 14.5 Å². The average Bonchev–Trinajstić information content (AvgIpc) is 3.46. The largest absolute Gasteiger partial charge is 0.309 e. The molecule has 0 amide bonds. The summed E-state index contributed by atoms with van der Waals surface area (Å²) in [5.74, 6) is 0. The molecular weight excluding hydrogens is 651 g/mol. The molecule has 0 aliphatic carbocycles. The third-order valence-electron chi connectivity index (χ3n) is 10.9. The van der Waals surface area contributed by atoms with Gasteiger partial charge in [-0.1, -0.05) is 109 Å². The third-order valence-corrected chi connectivity index (χ3v) is 12.0. The SMILES string of the molecule is c1ccc2c(-c3nc4ccccc4nc3-c3ccc4cc(-n5c6ccc7cccc8sc9cccc%10ccc5c(c%109)c6c78)ccc4c3)cccc2c1. The number of aromatic nitrogens is 3. The molecule has 240 valence electrons. The van der Waals surface area contributed by atoms with Crippen molar-refractivity contribution in [2.75, 3.05) is 0 Å². The lowest BCUT2D eigenvalue weighted by molar-refractivity contribution is 1.19. The van der Waals surface area contributed by atoms with Gasteiger partial charge in [-0.25, -0.2) is 9.97 Å². The fourth-order valence-corrected chi connectivity index (χ4v) is 9.76. The predicted octanol–water partition coefficient (Wildman–Crippen LogP) is 13.3. The highest BCUT2D eigenvalue weighted by atomic mass is 32.1. The molecule has 0 unspecified atom stereocenters. The van der Waals surface area contributed by atoms with Gasteiger partial charge in [-0.2, -0.15) is 0 Å². The first kappa shape index (κ1) is 28.1. The quantitative estimate of drug-likeness (QED) is 0.186. The summed E-state index contributed by atoms with van der Waals surface area (Å²) in [7, 11) is 0. The van der Waals surface area contributed by atoms with Gasteiger partial charge in [-0.3, -0.25) is 0 Å². The molecule has 0 spiro atoms. The van der Waals surface area contributed by atoms with E-state index in [0.29, 0.717) is 0 Å². The zero-order valence-corrected chi connectivity index (χ0v) is 28.7. The molecule has 0 saturated heterocycles. The normalized spacial score (nSPS) is 12.2. The van der Waals surface area contributed by atoms with Gasteiger partial charge in [0.2, 0.25) is 0 Å². The highest BCUT2D eigenvalue weighted by Gasteiger charge is 2.21. The molecule has 0 atom stereocenters. The van der Waals surface area contributed by atoms with Crippen molar-refractivity contribution in [3.8, 4) is 28.2 Å². The molecule has 4 heteroatoms. The summed E-state index contributed by atoms with van der Waals surface area (Å²) in [5.41, 5.74) is 9.34. The molecule has 3 nitrogen and oxygen atoms in total. The van der Waals surface area contributed by atoms with Crippen molar-refractivity contribution in [2.24, 2.45) is 0 Å². The second-order valence-corrected chi connectivity index (χ2v) is 14.8. The topological polar surface area (TPSA) is 30.7 Å². The number of fused-ring (bicyclic) bond motifs is 3. The van der Waals surface area contributed by atoms with Crippen LogP contribution in [0.3, 0.4) is 0 Å². The van der Waals surface area contributed by atoms with Crippen LogP contribution in [0.1, 0.15) is 0 Å². The van der Waals surface area contributed by atoms with Gasteiger partial charge in [0.1, 0.15) is 0 Å². The number of hydrogen-bond donors (Lipinski definition) is 0. The Kier molecular flexibility index (Phi) is 5.65. The lowest BCUT2D eigenvalue weighted by atomic mass is 9.97. The molecule has 52 heavy (non-hydrogen) atoms. The van der Waals surface area contributed by atoms with E-state index in [1.54, 1.807) is 0 Å². The van der Waals surface area contributed by atoms with E-state index in [4.69, 9.17) is 9.97 Å². The Labute approximate surface area is 302 Å². The lowest BCUT2D eigenvalue weighted by Gasteiger charge is -2.14. The summed E-state index contributed by atoms with van der Waals surface area (Å²) in [6, 6.07) is 59.3. The molecule has 9 aromatic carbocycles. The first-order valence-electron chi connectivity index (χ1n) is 17.7. The Morgan fingerprint density at radius 1 is 0.404 bits per heavy atom. The second-order valence-electron chi connectivity index (χ2n) is 13.7. The van der Waals surface area contributed by atoms with Crippen molar-refractivity contribution in [3.63, 3.8) is 0 Å². The molecule has 0 N–H and O–H groups in total. The van der Waals surface area contributed by atoms with Crippen molar-refractivity contribution >= 4 is 96.7 Å². The maximum atomic E-state index is 5.25. The molecule has 0 bridgehead atoms. The molecule has 12 rings (SSSR count). The van der Waals surface area contributed by atoms with Crippen LogP contribution in [0, 0.1) is 0 Å². The van der Waals surface area contributed by atoms with Gasteiger partial charge in [0.05, 0.1) is 33.5 Å². The standard InChI is InChI=1S/C48H27N3S/c1-2-12-35-28(8-1)9-5-13-36(35)48-47(49-37-14-3-4-15-38(37)50-48)33-19-18-32-27-34(23-20-31(32)26-33)51-39-24-21-29-10-6-16-41-43(29)45(39)46-40(51)25-22-30-11-7-17-42(52-41)44(30)46/h1-27H. The Hall–Kier alpha value is -6.62. The average molecular weight is 678 g/mol. The smallest absolute Gasteiger partial charge is 0.0979 e. The molecule has 0 aliphatic heterocycles. The van der Waals surface area contributed by atoms with Crippen molar-refractivity contribution in [3.05, 3.63) is 164 Å². The van der Waals surface area contributed by atoms with E-state index in [0.717, 1.165) is 39.2 Å². The summed E-state index contributed by atoms with van der Waals surface area (Å²) in [6.45, 7) is 0. The van der Waals surface area contributed by atoms with Gasteiger partial charge in [0, 0.05) is 47.8 Å². The van der Waals surface area contributed by atoms with Gasteiger partial charge in [0.15, 0.2) is 0 Å². The maximum absolute atomic E-state index is 5.25. The predicted molar refractivity (Wildman–Crippen MR) is 221 cm³/mol. The van der Waals surface area contributed by atoms with Gasteiger partial charge in [0.25, 0.3) is 0 Å². The summed E-state index contributed by atoms with van der Waals surface area (Å²) < 4.78 is 5.10. The number of para-hydroxylation sites is 2. The van der Waals surface area contributed by atoms with Gasteiger partial charge in [-0.05, 0) is 86.9 Å². The van der Waals surface area contributed by atoms with Gasteiger partial charge in [-0.15, -0.1) is 11.3 Å². The number of nitrogens with zero attached hydrogens (tertiary/aromatic N) is 3. The van der Waals surface area contributed by atoms with Crippen molar-refractivity contribution < 1.29 is 0 Å². The summed E-state index contributed by atoms with van der Waals surface area (Å²) in [4.78, 5) is 10.5. The Morgan fingerprint density at radius 2 is 0.981 bits per heavy atom. The summed E-state index contributed by atoms with van der Waals surface area (Å²) in [5, 5.41) is 12.7. The zero-order valence-electron chi connectivity index (χ0n) is 27.8. The Bertz CT molecular complexity index is 3320. The second kappa shape index (κ2) is 10.5. The van der Waals surface area contributed by atoms with Crippen LogP contribution in [0.15, 0.2) is 164 Å². The van der Waals surface area contributed by atoms with Crippen LogP contribution < -0.4 is 0 Å². The molecule has 12 aromatic rings. The van der Waals surface area contributed by atoms with Crippen LogP contribution in [0.5, 0.6) is 0 Å². The Balaban J connectivity index is 1.08. The van der Waals surface area contributed by atoms with Crippen LogP contribution in [0.2, 0.25) is 0 Å². The number of hydrogen-bond acceptors (Lipinski definition) is 3. The van der Waals surface area contributed by atoms with Crippen molar-refractivity contribution in [2.45, 2.75) is 0 Å². The molecule has 3 heterocycles. The molecular formula is C48H27N3S. The third kappa shape index (κ3) is 3.90. The van der Waals surface area contributed by atoms with Gasteiger partial charge < -0.3 is 4.57 Å². The van der Waals surface area contributed by atoms with Gasteiger partial charge >= 0.3 is 0 Å². The summed E-state index contributed by atoms with van der Waals surface area (Å²) >= 11 is 1.89. The molecule has 0 radical (unpaired) electrons. The van der Waals surface area contributed by atoms with E-state index in [1.807, 2.05) is 35.6 Å². The molecule has 0 aliphatic rings. The van der Waals surface area contributed by atoms with Crippen molar-refractivity contribution in [1.29, 1.82) is 0 Å². The monoisotopic (exact) mass is 677 g/mol. The van der Waals surface area contributed by atoms with Crippen molar-refractivity contribution in [1.82, 2.24) is 14.5 Å². The highest BCUT2D eigenvalue weighted by Crippen LogP contribution is 2.46. The lowest BCUT2D eigenvalue weighted by Crippen LogP contribution is -1.97. The summed E-state index contributed by atoms with van der Waals surface area (Å²) in [6.07, 6.45) is 0. The van der Waals surface area contributed by atoms with E-state index in [2.05, 4.69) is 144 Å². The Morgan fingerprint density at radius 3 is 1.73 bits per heavy atom. The van der Waals surface area contributed by atoms with Crippen LogP contribution >= 0.6 is 11.3 Å². The minimum Gasteiger partial charge on any atom is -0.309 e. The van der Waals surface area contributed by atoms with E-state index < -0.39 is 0 Å². The van der Waals surface area contributed by atoms with E-state index >= 15 is 0 Å². The first-order valence-corrected chi connectivity index (χ1v) is 18.5.